The van der Waals surface area contributed by atoms with E-state index in [9.17, 15) is 0 Å². The lowest BCUT2D eigenvalue weighted by Crippen LogP contribution is -2.20. The summed E-state index contributed by atoms with van der Waals surface area (Å²) < 4.78 is 4.95. The van der Waals surface area contributed by atoms with E-state index in [1.165, 1.54) is 37.2 Å². The Bertz CT molecular complexity index is 89.3. The maximum atomic E-state index is 4.95. The van der Waals surface area contributed by atoms with Crippen molar-refractivity contribution in [1.82, 2.24) is 5.32 Å². The molecule has 2 nitrogen and oxygen atoms in total. The molecule has 0 aromatic carbocycles. The number of unbranched alkanes of at least 4 members (excludes halogenated alkanes) is 3. The summed E-state index contributed by atoms with van der Waals surface area (Å²) in [6, 6.07) is 0. The van der Waals surface area contributed by atoms with Crippen LogP contribution >= 0.6 is 11.8 Å². The Labute approximate surface area is 93.2 Å². The van der Waals surface area contributed by atoms with Gasteiger partial charge in [-0.15, -0.1) is 0 Å². The zero-order chi connectivity index (χ0) is 10.5. The van der Waals surface area contributed by atoms with Crippen LogP contribution in [0.5, 0.6) is 0 Å². The molecule has 0 fully saturated rings. The molecule has 0 aromatic heterocycles. The third-order valence-electron chi connectivity index (χ3n) is 2.08. The molecule has 0 bridgehead atoms. The van der Waals surface area contributed by atoms with Crippen molar-refractivity contribution >= 4 is 11.8 Å². The van der Waals surface area contributed by atoms with Gasteiger partial charge in [-0.3, -0.25) is 0 Å². The fourth-order valence-corrected chi connectivity index (χ4v) is 1.95. The highest BCUT2D eigenvalue weighted by atomic mass is 32.2. The van der Waals surface area contributed by atoms with E-state index >= 15 is 0 Å². The van der Waals surface area contributed by atoms with Gasteiger partial charge in [0, 0.05) is 13.7 Å². The highest BCUT2D eigenvalue weighted by Crippen LogP contribution is 2.06. The predicted octanol–water partition coefficient (Wildman–Crippen LogP) is 2.54. The third-order valence-corrected chi connectivity index (χ3v) is 3.06. The minimum atomic E-state index is 0.827. The molecule has 86 valence electrons. The molecular formula is C11H25NOS. The molecule has 0 aliphatic rings. The first-order valence-electron chi connectivity index (χ1n) is 5.69. The monoisotopic (exact) mass is 219 g/mol. The van der Waals surface area contributed by atoms with Crippen LogP contribution in [0.25, 0.3) is 0 Å². The van der Waals surface area contributed by atoms with Crippen molar-refractivity contribution < 1.29 is 4.74 Å². The van der Waals surface area contributed by atoms with Crippen LogP contribution < -0.4 is 5.32 Å². The molecule has 3 heteroatoms. The summed E-state index contributed by atoms with van der Waals surface area (Å²) in [4.78, 5) is 0. The van der Waals surface area contributed by atoms with E-state index in [1.54, 1.807) is 7.11 Å². The summed E-state index contributed by atoms with van der Waals surface area (Å²) in [6.07, 6.45) is 5.44. The molecule has 0 aromatic rings. The summed E-state index contributed by atoms with van der Waals surface area (Å²) in [5.74, 6) is 2.60. The van der Waals surface area contributed by atoms with Gasteiger partial charge in [0.05, 0.1) is 6.61 Å². The summed E-state index contributed by atoms with van der Waals surface area (Å²) in [6.45, 7) is 5.18. The van der Waals surface area contributed by atoms with Gasteiger partial charge in [-0.1, -0.05) is 19.8 Å². The van der Waals surface area contributed by atoms with Gasteiger partial charge < -0.3 is 10.1 Å². The summed E-state index contributed by atoms with van der Waals surface area (Å²) in [5, 5.41) is 3.36. The Hall–Kier alpha value is 0.270. The van der Waals surface area contributed by atoms with E-state index in [4.69, 9.17) is 4.74 Å². The minimum absolute atomic E-state index is 0.827. The van der Waals surface area contributed by atoms with Crippen LogP contribution in [0.2, 0.25) is 0 Å². The van der Waals surface area contributed by atoms with Crippen LogP contribution in [0.15, 0.2) is 0 Å². The number of methoxy groups -OCH3 is 1. The molecule has 14 heavy (non-hydrogen) atoms. The molecule has 0 saturated carbocycles. The van der Waals surface area contributed by atoms with Gasteiger partial charge in [0.1, 0.15) is 0 Å². The average Bonchev–Trinajstić information content (AvgIpc) is 2.21. The van der Waals surface area contributed by atoms with E-state index in [2.05, 4.69) is 24.0 Å². The van der Waals surface area contributed by atoms with Gasteiger partial charge >= 0.3 is 0 Å². The first-order chi connectivity index (χ1) is 6.91. The standard InChI is InChI=1S/C11H25NOS/c1-3-14-11-7-5-4-6-8-12-9-10-13-2/h12H,3-11H2,1-2H3. The predicted molar refractivity (Wildman–Crippen MR) is 66.2 cm³/mol. The lowest BCUT2D eigenvalue weighted by molar-refractivity contribution is 0.199. The molecule has 0 atom stereocenters. The lowest BCUT2D eigenvalue weighted by atomic mass is 10.2. The van der Waals surface area contributed by atoms with Gasteiger partial charge in [-0.2, -0.15) is 11.8 Å². The first-order valence-corrected chi connectivity index (χ1v) is 6.84. The molecule has 0 aliphatic heterocycles. The third kappa shape index (κ3) is 12.3. The van der Waals surface area contributed by atoms with Crippen molar-refractivity contribution in [2.24, 2.45) is 0 Å². The molecule has 0 amide bonds. The van der Waals surface area contributed by atoms with Crippen LogP contribution in [0, 0.1) is 0 Å². The Morgan fingerprint density at radius 3 is 2.57 bits per heavy atom. The topological polar surface area (TPSA) is 21.3 Å². The first kappa shape index (κ1) is 14.3. The number of hydrogen-bond donors (Lipinski definition) is 1. The second kappa shape index (κ2) is 13.3. The highest BCUT2D eigenvalue weighted by molar-refractivity contribution is 7.99. The molecule has 0 spiro atoms. The molecule has 0 heterocycles. The lowest BCUT2D eigenvalue weighted by Gasteiger charge is -2.03. The van der Waals surface area contributed by atoms with Gasteiger partial charge in [0.15, 0.2) is 0 Å². The van der Waals surface area contributed by atoms with Crippen LogP contribution in [0.1, 0.15) is 32.6 Å². The largest absolute Gasteiger partial charge is 0.383 e. The molecule has 1 N–H and O–H groups in total. The molecule has 0 unspecified atom stereocenters. The summed E-state index contributed by atoms with van der Waals surface area (Å²) in [7, 11) is 1.74. The van der Waals surface area contributed by atoms with Gasteiger partial charge in [0.2, 0.25) is 0 Å². The van der Waals surface area contributed by atoms with Crippen molar-refractivity contribution in [3.63, 3.8) is 0 Å². The maximum absolute atomic E-state index is 4.95. The highest BCUT2D eigenvalue weighted by Gasteiger charge is 1.90. The van der Waals surface area contributed by atoms with E-state index < -0.39 is 0 Å². The molecule has 0 aliphatic carbocycles. The average molecular weight is 219 g/mol. The molecule has 0 rings (SSSR count). The Kier molecular flexibility index (Phi) is 13.5. The Morgan fingerprint density at radius 2 is 1.86 bits per heavy atom. The van der Waals surface area contributed by atoms with E-state index in [0.29, 0.717) is 0 Å². The molecule has 0 saturated heterocycles. The van der Waals surface area contributed by atoms with Crippen LogP contribution in [-0.4, -0.2) is 38.3 Å². The zero-order valence-electron chi connectivity index (χ0n) is 9.68. The van der Waals surface area contributed by atoms with Crippen molar-refractivity contribution in [1.29, 1.82) is 0 Å². The van der Waals surface area contributed by atoms with Gasteiger partial charge in [-0.25, -0.2) is 0 Å². The van der Waals surface area contributed by atoms with Crippen molar-refractivity contribution in [2.45, 2.75) is 32.6 Å². The van der Waals surface area contributed by atoms with E-state index in [-0.39, 0.29) is 0 Å². The number of hydrogen-bond acceptors (Lipinski definition) is 3. The van der Waals surface area contributed by atoms with Crippen LogP contribution in [0.4, 0.5) is 0 Å². The smallest absolute Gasteiger partial charge is 0.0587 e. The number of nitrogens with one attached hydrogen (secondary N) is 1. The van der Waals surface area contributed by atoms with Crippen LogP contribution in [-0.2, 0) is 4.74 Å². The maximum Gasteiger partial charge on any atom is 0.0587 e. The molecular weight excluding hydrogens is 194 g/mol. The van der Waals surface area contributed by atoms with E-state index in [1.807, 2.05) is 0 Å². The second-order valence-corrected chi connectivity index (χ2v) is 4.75. The number of rotatable bonds is 11. The van der Waals surface area contributed by atoms with Gasteiger partial charge in [-0.05, 0) is 30.9 Å². The summed E-state index contributed by atoms with van der Waals surface area (Å²) in [5.41, 5.74) is 0. The minimum Gasteiger partial charge on any atom is -0.383 e. The van der Waals surface area contributed by atoms with Crippen molar-refractivity contribution in [3.05, 3.63) is 0 Å². The zero-order valence-corrected chi connectivity index (χ0v) is 10.5. The Morgan fingerprint density at radius 1 is 1.07 bits per heavy atom. The summed E-state index contributed by atoms with van der Waals surface area (Å²) >= 11 is 2.05. The fourth-order valence-electron chi connectivity index (χ4n) is 1.25. The van der Waals surface area contributed by atoms with Crippen molar-refractivity contribution in [3.8, 4) is 0 Å². The fraction of sp³-hybridized carbons (Fsp3) is 1.00. The van der Waals surface area contributed by atoms with Gasteiger partial charge in [0.25, 0.3) is 0 Å². The second-order valence-electron chi connectivity index (χ2n) is 3.35. The quantitative estimate of drug-likeness (QED) is 0.540. The normalized spacial score (nSPS) is 10.7. The van der Waals surface area contributed by atoms with Crippen molar-refractivity contribution in [2.75, 3.05) is 38.3 Å². The molecule has 0 radical (unpaired) electrons. The van der Waals surface area contributed by atoms with Crippen LogP contribution in [0.3, 0.4) is 0 Å². The Balaban J connectivity index is 2.78. The number of thioether (sulfide) groups is 1. The number of ether oxygens (including phenoxy) is 1. The van der Waals surface area contributed by atoms with E-state index in [0.717, 1.165) is 19.7 Å². The SMILES string of the molecule is CCSCCCCCCNCCOC.